The Morgan fingerprint density at radius 3 is 2.20 bits per heavy atom. The van der Waals surface area contributed by atoms with Crippen molar-refractivity contribution in [2.45, 2.75) is 6.18 Å². The quantitative estimate of drug-likeness (QED) is 0.394. The van der Waals surface area contributed by atoms with E-state index < -0.39 is 12.0 Å². The first-order valence-corrected chi connectivity index (χ1v) is 2.11. The molecule has 1 rings (SSSR count). The number of imidazole rings is 1. The molecule has 1 heterocycles. The molecule has 0 fully saturated rings. The molecule has 0 N–H and O–H groups in total. The first-order chi connectivity index (χ1) is 4.11. The van der Waals surface area contributed by atoms with Crippen molar-refractivity contribution in [3.63, 3.8) is 0 Å². The number of alkyl halides is 3. The molecule has 0 aliphatic carbocycles. The molecule has 0 aliphatic heterocycles. The van der Waals surface area contributed by atoms with Gasteiger partial charge in [0.1, 0.15) is 0 Å². The van der Waals surface area contributed by atoms with E-state index in [0.29, 0.717) is 0 Å². The molecule has 0 amide bonds. The third-order valence-electron chi connectivity index (χ3n) is 0.714. The number of nitrogens with zero attached hydrogens (tertiary/aromatic N) is 2. The molecule has 0 radical (unpaired) electrons. The van der Waals surface area contributed by atoms with Crippen LogP contribution >= 0.6 is 0 Å². The van der Waals surface area contributed by atoms with Gasteiger partial charge in [-0.2, -0.15) is 13.2 Å². The summed E-state index contributed by atoms with van der Waals surface area (Å²) < 4.78 is 34.5. The third kappa shape index (κ3) is 2.08. The molecule has 0 atom stereocenters. The minimum atomic E-state index is -4.40. The third-order valence-corrected chi connectivity index (χ3v) is 0.714. The first-order valence-electron chi connectivity index (χ1n) is 2.11. The number of hydrogen-bond acceptors (Lipinski definition) is 1. The van der Waals surface area contributed by atoms with Crippen molar-refractivity contribution in [1.29, 1.82) is 0 Å². The fourth-order valence-electron chi connectivity index (χ4n) is 0.388. The van der Waals surface area contributed by atoms with Crippen molar-refractivity contribution in [2.75, 3.05) is 0 Å². The van der Waals surface area contributed by atoms with Gasteiger partial charge < -0.3 is 9.97 Å². The van der Waals surface area contributed by atoms with Crippen LogP contribution in [0.5, 0.6) is 0 Å². The summed E-state index contributed by atoms with van der Waals surface area (Å²) in [5.74, 6) is -1.08. The van der Waals surface area contributed by atoms with E-state index in [9.17, 15) is 13.2 Å². The van der Waals surface area contributed by atoms with Crippen LogP contribution in [0.3, 0.4) is 0 Å². The van der Waals surface area contributed by atoms with E-state index in [2.05, 4.69) is 9.97 Å². The van der Waals surface area contributed by atoms with Gasteiger partial charge in [-0.3, -0.25) is 0 Å². The van der Waals surface area contributed by atoms with Crippen LogP contribution in [0.2, 0.25) is 0 Å². The van der Waals surface area contributed by atoms with Gasteiger partial charge in [-0.1, -0.05) is 12.4 Å². The molecule has 2 nitrogen and oxygen atoms in total. The molecule has 1 aromatic rings. The second-order valence-electron chi connectivity index (χ2n) is 1.38. The van der Waals surface area contributed by atoms with Crippen LogP contribution in [0.25, 0.3) is 0 Å². The summed E-state index contributed by atoms with van der Waals surface area (Å²) in [6.07, 6.45) is -2.39. The predicted octanol–water partition coefficient (Wildman–Crippen LogP) is -1.94. The van der Waals surface area contributed by atoms with E-state index in [1.165, 1.54) is 0 Å². The van der Waals surface area contributed by atoms with E-state index in [4.69, 9.17) is 0 Å². The standard InChI is InChI=1S/C4H2F3N2.Li/c5-4(6,7)3-8-1-2-9-3;/h1-2H;/q-1;+1. The van der Waals surface area contributed by atoms with Crippen LogP contribution in [0.15, 0.2) is 12.4 Å². The maximum Gasteiger partial charge on any atom is 1.00 e. The fraction of sp³-hybridized carbons (Fsp3) is 0.250. The van der Waals surface area contributed by atoms with Gasteiger partial charge in [-0.15, -0.1) is 0 Å². The van der Waals surface area contributed by atoms with Gasteiger partial charge in [0.2, 0.25) is 0 Å². The van der Waals surface area contributed by atoms with Crippen LogP contribution in [0, 0.1) is 0 Å². The van der Waals surface area contributed by atoms with Crippen molar-refractivity contribution in [3.8, 4) is 0 Å². The van der Waals surface area contributed by atoms with Crippen LogP contribution in [-0.2, 0) is 6.18 Å². The summed E-state index contributed by atoms with van der Waals surface area (Å²) in [6.45, 7) is 0. The van der Waals surface area contributed by atoms with Crippen LogP contribution in [0.1, 0.15) is 5.82 Å². The van der Waals surface area contributed by atoms with Crippen LogP contribution in [-0.4, -0.2) is 4.98 Å². The Labute approximate surface area is 67.0 Å². The van der Waals surface area contributed by atoms with Crippen molar-refractivity contribution in [2.24, 2.45) is 0 Å². The summed E-state index contributed by atoms with van der Waals surface area (Å²) in [6, 6.07) is 0. The summed E-state index contributed by atoms with van der Waals surface area (Å²) >= 11 is 0. The summed E-state index contributed by atoms with van der Waals surface area (Å²) in [5, 5.41) is 0. The van der Waals surface area contributed by atoms with Gasteiger partial charge in [0.05, 0.1) is 0 Å². The molecule has 1 aromatic heterocycles. The topological polar surface area (TPSA) is 27.0 Å². The zero-order valence-corrected chi connectivity index (χ0v) is 5.18. The number of halogens is 3. The number of rotatable bonds is 0. The average molecular weight is 142 g/mol. The van der Waals surface area contributed by atoms with Gasteiger partial charge in [0.15, 0.2) is 0 Å². The van der Waals surface area contributed by atoms with E-state index in [1.807, 2.05) is 0 Å². The minimum Gasteiger partial charge on any atom is -0.439 e. The van der Waals surface area contributed by atoms with E-state index in [0.717, 1.165) is 12.4 Å². The van der Waals surface area contributed by atoms with E-state index in [-0.39, 0.29) is 18.9 Å². The predicted molar refractivity (Wildman–Crippen MR) is 22.6 cm³/mol. The zero-order valence-electron chi connectivity index (χ0n) is 5.18. The molecule has 6 heteroatoms. The van der Waals surface area contributed by atoms with Gasteiger partial charge in [-0.25, -0.2) is 0 Å². The van der Waals surface area contributed by atoms with Crippen LogP contribution < -0.4 is 23.8 Å². The first kappa shape index (κ1) is 9.60. The molecular weight excluding hydrogens is 140 g/mol. The summed E-state index contributed by atoms with van der Waals surface area (Å²) in [5.41, 5.74) is 0. The Morgan fingerprint density at radius 2 is 2.00 bits per heavy atom. The Kier molecular flexibility index (Phi) is 3.00. The Hall–Kier alpha value is -0.403. The second kappa shape index (κ2) is 3.13. The normalized spacial score (nSPS) is 10.7. The molecule has 50 valence electrons. The molecule has 0 aliphatic rings. The molecule has 0 unspecified atom stereocenters. The average Bonchev–Trinajstić information content (AvgIpc) is 2.08. The van der Waals surface area contributed by atoms with Crippen molar-refractivity contribution < 1.29 is 32.0 Å². The Morgan fingerprint density at radius 1 is 1.40 bits per heavy atom. The van der Waals surface area contributed by atoms with Crippen molar-refractivity contribution >= 4 is 0 Å². The van der Waals surface area contributed by atoms with E-state index in [1.54, 1.807) is 0 Å². The molecule has 0 saturated carbocycles. The van der Waals surface area contributed by atoms with Gasteiger partial charge in [0, 0.05) is 5.82 Å². The van der Waals surface area contributed by atoms with Crippen molar-refractivity contribution in [1.82, 2.24) is 9.97 Å². The molecule has 0 aromatic carbocycles. The maximum atomic E-state index is 11.5. The van der Waals surface area contributed by atoms with E-state index >= 15 is 0 Å². The monoisotopic (exact) mass is 142 g/mol. The smallest absolute Gasteiger partial charge is 0.439 e. The van der Waals surface area contributed by atoms with Gasteiger partial charge in [0.25, 0.3) is 0 Å². The molecule has 0 spiro atoms. The number of aromatic nitrogens is 2. The van der Waals surface area contributed by atoms with Gasteiger partial charge >= 0.3 is 25.0 Å². The summed E-state index contributed by atoms with van der Waals surface area (Å²) in [7, 11) is 0. The number of hydrogen-bond donors (Lipinski definition) is 0. The van der Waals surface area contributed by atoms with Crippen molar-refractivity contribution in [3.05, 3.63) is 18.2 Å². The Balaban J connectivity index is 0.000000810. The summed E-state index contributed by atoms with van der Waals surface area (Å²) in [4.78, 5) is 5.90. The minimum absolute atomic E-state index is 0. The fourth-order valence-corrected chi connectivity index (χ4v) is 0.388. The Bertz CT molecular complexity index is 181. The molecule has 10 heavy (non-hydrogen) atoms. The largest absolute Gasteiger partial charge is 1.00 e. The van der Waals surface area contributed by atoms with Gasteiger partial charge in [-0.05, 0) is 0 Å². The molecular formula is C4H2F3LiN2. The second-order valence-corrected chi connectivity index (χ2v) is 1.38. The maximum absolute atomic E-state index is 11.5. The molecule has 0 bridgehead atoms. The SMILES string of the molecule is FC(F)(F)c1ncc[n-]1.[Li+]. The molecule has 0 saturated heterocycles. The van der Waals surface area contributed by atoms with Crippen LogP contribution in [0.4, 0.5) is 13.2 Å². The zero-order chi connectivity index (χ0) is 6.91.